The molecular weight excluding hydrogens is 526 g/mol. The highest BCUT2D eigenvalue weighted by atomic mass is 32.1. The maximum Gasteiger partial charge on any atom is 0.371 e. The molecule has 1 fully saturated rings. The molecule has 0 spiro atoms. The fourth-order valence-electron chi connectivity index (χ4n) is 4.68. The van der Waals surface area contributed by atoms with E-state index in [1.165, 1.54) is 43.4 Å². The number of hydrogen-bond donors (Lipinski definition) is 2. The Hall–Kier alpha value is -3.79. The van der Waals surface area contributed by atoms with Gasteiger partial charge in [-0.05, 0) is 37.5 Å². The third-order valence-electron chi connectivity index (χ3n) is 6.84. The monoisotopic (exact) mass is 556 g/mol. The molecule has 0 unspecified atom stereocenters. The van der Waals surface area contributed by atoms with Crippen LogP contribution < -0.4 is 10.1 Å². The van der Waals surface area contributed by atoms with Crippen LogP contribution in [0.15, 0.2) is 41.5 Å². The van der Waals surface area contributed by atoms with Crippen molar-refractivity contribution >= 4 is 34.4 Å². The highest BCUT2D eigenvalue weighted by Crippen LogP contribution is 2.33. The molecule has 39 heavy (non-hydrogen) atoms. The molecule has 206 valence electrons. The van der Waals surface area contributed by atoms with Crippen LogP contribution in [0.25, 0.3) is 17.3 Å². The zero-order valence-corrected chi connectivity index (χ0v) is 22.6. The lowest BCUT2D eigenvalue weighted by atomic mass is 9.87. The first-order valence-corrected chi connectivity index (χ1v) is 13.6. The summed E-state index contributed by atoms with van der Waals surface area (Å²) in [7, 11) is 1.07. The summed E-state index contributed by atoms with van der Waals surface area (Å²) in [6.45, 7) is 2.63. The number of thiazole rings is 1. The van der Waals surface area contributed by atoms with Gasteiger partial charge in [0.2, 0.25) is 5.76 Å². The highest BCUT2D eigenvalue weighted by Gasteiger charge is 2.19. The third-order valence-corrected chi connectivity index (χ3v) is 7.60. The largest absolute Gasteiger partial charge is 0.493 e. The molecule has 1 aromatic heterocycles. The van der Waals surface area contributed by atoms with Crippen molar-refractivity contribution < 1.29 is 33.0 Å². The number of anilines is 1. The molecule has 3 aromatic rings. The van der Waals surface area contributed by atoms with Crippen LogP contribution >= 0.6 is 11.3 Å². The van der Waals surface area contributed by atoms with Crippen LogP contribution in [0.1, 0.15) is 60.0 Å². The Kier molecular flexibility index (Phi) is 9.29. The van der Waals surface area contributed by atoms with Crippen LogP contribution in [-0.4, -0.2) is 35.7 Å². The molecule has 0 aliphatic heterocycles. The summed E-state index contributed by atoms with van der Waals surface area (Å²) in [5.74, 6) is -3.57. The van der Waals surface area contributed by atoms with Crippen molar-refractivity contribution in [1.29, 1.82) is 0 Å². The molecule has 0 radical (unpaired) electrons. The van der Waals surface area contributed by atoms with Gasteiger partial charge in [0.1, 0.15) is 17.4 Å². The number of nitrogens with one attached hydrogen (secondary N) is 1. The molecule has 0 bridgehead atoms. The number of carbonyl (C=O) groups excluding carboxylic acids is 1. The Morgan fingerprint density at radius 1 is 1.18 bits per heavy atom. The number of rotatable bonds is 10. The molecule has 10 heteroatoms. The van der Waals surface area contributed by atoms with Crippen molar-refractivity contribution in [1.82, 2.24) is 4.98 Å². The summed E-state index contributed by atoms with van der Waals surface area (Å²) in [4.78, 5) is 28.3. The molecule has 1 saturated carbocycles. The van der Waals surface area contributed by atoms with Crippen LogP contribution in [0, 0.1) is 24.5 Å². The Bertz CT molecular complexity index is 1360. The maximum atomic E-state index is 14.5. The summed E-state index contributed by atoms with van der Waals surface area (Å²) in [5.41, 5.74) is 1.54. The lowest BCUT2D eigenvalue weighted by Crippen LogP contribution is -2.13. The second-order valence-electron chi connectivity index (χ2n) is 9.43. The van der Waals surface area contributed by atoms with E-state index in [1.807, 2.05) is 25.1 Å². The highest BCUT2D eigenvalue weighted by molar-refractivity contribution is 7.14. The number of benzene rings is 2. The SMILES string of the molecule is CO/C(=C/c1c(F)cc(C(=O)Nc2nc(-c3cccc(OCCC4CCCCC4)c3C)cs2)cc1F)C(=O)O. The summed E-state index contributed by atoms with van der Waals surface area (Å²) in [6.07, 6.45) is 8.24. The Labute approximate surface area is 229 Å². The average molecular weight is 557 g/mol. The minimum Gasteiger partial charge on any atom is -0.493 e. The van der Waals surface area contributed by atoms with Gasteiger partial charge in [0.05, 0.1) is 19.4 Å². The summed E-state index contributed by atoms with van der Waals surface area (Å²) in [5, 5.41) is 13.6. The van der Waals surface area contributed by atoms with Crippen molar-refractivity contribution in [2.45, 2.75) is 45.4 Å². The molecule has 1 heterocycles. The van der Waals surface area contributed by atoms with Crippen molar-refractivity contribution in [3.8, 4) is 17.0 Å². The molecular formula is C29H30F2N2O5S. The van der Waals surface area contributed by atoms with Gasteiger partial charge >= 0.3 is 5.97 Å². The van der Waals surface area contributed by atoms with Crippen molar-refractivity contribution in [2.75, 3.05) is 19.0 Å². The minimum atomic E-state index is -1.48. The molecule has 4 rings (SSSR count). The molecule has 0 atom stereocenters. The van der Waals surface area contributed by atoms with E-state index in [0.29, 0.717) is 12.3 Å². The Morgan fingerprint density at radius 3 is 2.56 bits per heavy atom. The van der Waals surface area contributed by atoms with Gasteiger partial charge in [-0.2, -0.15) is 0 Å². The molecule has 7 nitrogen and oxygen atoms in total. The summed E-state index contributed by atoms with van der Waals surface area (Å²) < 4.78 is 39.8. The number of aromatic nitrogens is 1. The van der Waals surface area contributed by atoms with Crippen LogP contribution in [-0.2, 0) is 9.53 Å². The van der Waals surface area contributed by atoms with E-state index in [2.05, 4.69) is 15.0 Å². The topological polar surface area (TPSA) is 97.8 Å². The summed E-state index contributed by atoms with van der Waals surface area (Å²) >= 11 is 1.18. The average Bonchev–Trinajstić information content (AvgIpc) is 3.37. The zero-order valence-electron chi connectivity index (χ0n) is 21.8. The fraction of sp³-hybridized carbons (Fsp3) is 0.345. The number of hydrogen-bond acceptors (Lipinski definition) is 6. The first-order valence-electron chi connectivity index (χ1n) is 12.7. The molecule has 1 aliphatic carbocycles. The van der Waals surface area contributed by atoms with E-state index in [1.54, 1.807) is 5.38 Å². The second kappa shape index (κ2) is 12.8. The first kappa shape index (κ1) is 28.2. The van der Waals surface area contributed by atoms with Crippen molar-refractivity contribution in [3.63, 3.8) is 0 Å². The van der Waals surface area contributed by atoms with Crippen LogP contribution in [0.3, 0.4) is 0 Å². The van der Waals surface area contributed by atoms with Crippen molar-refractivity contribution in [2.24, 2.45) is 5.92 Å². The van der Waals surface area contributed by atoms with Gasteiger partial charge in [0, 0.05) is 33.7 Å². The number of carbonyl (C=O) groups is 2. The van der Waals surface area contributed by atoms with Gasteiger partial charge in [0.15, 0.2) is 5.13 Å². The molecule has 2 aromatic carbocycles. The molecule has 1 aliphatic rings. The van der Waals surface area contributed by atoms with Gasteiger partial charge in [0.25, 0.3) is 5.91 Å². The number of ether oxygens (including phenoxy) is 2. The van der Waals surface area contributed by atoms with E-state index in [-0.39, 0.29) is 10.7 Å². The number of aliphatic carboxylic acids is 1. The number of nitrogens with zero attached hydrogens (tertiary/aromatic N) is 1. The number of carboxylic acids is 1. The van der Waals surface area contributed by atoms with Gasteiger partial charge in [-0.15, -0.1) is 11.3 Å². The summed E-state index contributed by atoms with van der Waals surface area (Å²) in [6, 6.07) is 7.41. The van der Waals surface area contributed by atoms with E-state index < -0.39 is 34.8 Å². The predicted octanol–water partition coefficient (Wildman–Crippen LogP) is 7.07. The third kappa shape index (κ3) is 7.00. The normalized spacial score (nSPS) is 14.2. The Balaban J connectivity index is 1.44. The number of amides is 1. The van der Waals surface area contributed by atoms with Crippen LogP contribution in [0.2, 0.25) is 0 Å². The number of methoxy groups -OCH3 is 1. The van der Waals surface area contributed by atoms with Gasteiger partial charge in [-0.25, -0.2) is 18.6 Å². The van der Waals surface area contributed by atoms with Gasteiger partial charge in [-0.1, -0.05) is 44.2 Å². The maximum absolute atomic E-state index is 14.5. The lowest BCUT2D eigenvalue weighted by Gasteiger charge is -2.21. The van der Waals surface area contributed by atoms with Gasteiger partial charge in [-0.3, -0.25) is 10.1 Å². The Morgan fingerprint density at radius 2 is 1.90 bits per heavy atom. The van der Waals surface area contributed by atoms with E-state index in [4.69, 9.17) is 9.84 Å². The predicted molar refractivity (Wildman–Crippen MR) is 146 cm³/mol. The standard InChI is InChI=1S/C29H30F2N2O5S/c1-17-20(9-6-10-25(17)38-12-11-18-7-4-3-5-8-18)24-16-39-29(32-24)33-27(34)19-13-22(30)21(23(31)14-19)15-26(37-2)28(35)36/h6,9-10,13-16,18H,3-5,7-8,11-12H2,1-2H3,(H,35,36)(H,32,33,34)/b26-15+. The van der Waals surface area contributed by atoms with Crippen LogP contribution in [0.5, 0.6) is 5.75 Å². The smallest absolute Gasteiger partial charge is 0.371 e. The fourth-order valence-corrected chi connectivity index (χ4v) is 5.38. The first-order chi connectivity index (χ1) is 18.8. The molecule has 1 amide bonds. The molecule has 0 saturated heterocycles. The zero-order chi connectivity index (χ0) is 27.9. The minimum absolute atomic E-state index is 0.260. The number of carboxylic acid groups (broad SMARTS) is 1. The van der Waals surface area contributed by atoms with E-state index >= 15 is 0 Å². The van der Waals surface area contributed by atoms with Crippen molar-refractivity contribution in [3.05, 3.63) is 69.8 Å². The quantitative estimate of drug-likeness (QED) is 0.205. The lowest BCUT2D eigenvalue weighted by molar-refractivity contribution is -0.135. The molecule has 2 N–H and O–H groups in total. The van der Waals surface area contributed by atoms with Crippen LogP contribution in [0.4, 0.5) is 13.9 Å². The van der Waals surface area contributed by atoms with E-state index in [9.17, 15) is 18.4 Å². The second-order valence-corrected chi connectivity index (χ2v) is 10.3. The van der Waals surface area contributed by atoms with Gasteiger partial charge < -0.3 is 14.6 Å². The van der Waals surface area contributed by atoms with E-state index in [0.717, 1.165) is 54.5 Å². The number of halogens is 2.